The Morgan fingerprint density at radius 2 is 2.07 bits per heavy atom. The minimum absolute atomic E-state index is 0.0921. The molecular formula is C20H27N5O4. The van der Waals surface area contributed by atoms with E-state index in [1.54, 1.807) is 29.5 Å². The molecule has 0 aromatic carbocycles. The van der Waals surface area contributed by atoms with Gasteiger partial charge in [0.1, 0.15) is 11.5 Å². The van der Waals surface area contributed by atoms with Crippen molar-refractivity contribution in [2.45, 2.75) is 19.9 Å². The second-order valence-electron chi connectivity index (χ2n) is 6.90. The van der Waals surface area contributed by atoms with Crippen molar-refractivity contribution < 1.29 is 18.7 Å². The van der Waals surface area contributed by atoms with Gasteiger partial charge in [0, 0.05) is 45.3 Å². The van der Waals surface area contributed by atoms with Gasteiger partial charge in [-0.05, 0) is 19.1 Å². The number of nitrogens with one attached hydrogen (secondary N) is 1. The summed E-state index contributed by atoms with van der Waals surface area (Å²) in [6.07, 6.45) is 4.77. The number of morpholine rings is 1. The van der Waals surface area contributed by atoms with Crippen LogP contribution in [-0.4, -0.2) is 77.5 Å². The largest absolute Gasteiger partial charge is 0.467 e. The predicted molar refractivity (Wildman–Crippen MR) is 105 cm³/mol. The van der Waals surface area contributed by atoms with Crippen LogP contribution in [0, 0.1) is 6.92 Å². The number of hydrogen-bond donors (Lipinski definition) is 1. The van der Waals surface area contributed by atoms with Gasteiger partial charge in [0.05, 0.1) is 37.9 Å². The molecule has 0 spiro atoms. The first-order valence-electron chi connectivity index (χ1n) is 9.79. The second-order valence-corrected chi connectivity index (χ2v) is 6.90. The number of furan rings is 1. The maximum Gasteiger partial charge on any atom is 0.274 e. The van der Waals surface area contributed by atoms with Crippen LogP contribution < -0.4 is 5.32 Å². The van der Waals surface area contributed by atoms with E-state index in [0.29, 0.717) is 12.3 Å². The first-order chi connectivity index (χ1) is 14.1. The topological polar surface area (TPSA) is 101 Å². The molecule has 29 heavy (non-hydrogen) atoms. The molecule has 1 aliphatic heterocycles. The average molecular weight is 401 g/mol. The normalized spacial score (nSPS) is 14.5. The minimum Gasteiger partial charge on any atom is -0.467 e. The van der Waals surface area contributed by atoms with E-state index in [1.807, 2.05) is 6.92 Å². The first kappa shape index (κ1) is 20.9. The van der Waals surface area contributed by atoms with E-state index in [0.717, 1.165) is 38.5 Å². The number of carbonyl (C=O) groups is 2. The summed E-state index contributed by atoms with van der Waals surface area (Å²) in [5.41, 5.74) is 0.980. The lowest BCUT2D eigenvalue weighted by molar-refractivity contribution is -0.121. The molecule has 2 aromatic rings. The molecule has 2 amide bonds. The highest BCUT2D eigenvalue weighted by Crippen LogP contribution is 2.10. The zero-order valence-corrected chi connectivity index (χ0v) is 16.7. The Morgan fingerprint density at radius 1 is 1.24 bits per heavy atom. The summed E-state index contributed by atoms with van der Waals surface area (Å²) in [4.78, 5) is 37.2. The average Bonchev–Trinajstić information content (AvgIpc) is 3.25. The van der Waals surface area contributed by atoms with E-state index >= 15 is 0 Å². The van der Waals surface area contributed by atoms with Crippen LogP contribution in [0.5, 0.6) is 0 Å². The summed E-state index contributed by atoms with van der Waals surface area (Å²) >= 11 is 0. The summed E-state index contributed by atoms with van der Waals surface area (Å²) in [5, 5.41) is 2.92. The molecule has 0 bridgehead atoms. The summed E-state index contributed by atoms with van der Waals surface area (Å²) < 4.78 is 10.7. The number of nitrogens with zero attached hydrogens (tertiary/aromatic N) is 4. The van der Waals surface area contributed by atoms with Gasteiger partial charge in [0.2, 0.25) is 5.91 Å². The smallest absolute Gasteiger partial charge is 0.274 e. The summed E-state index contributed by atoms with van der Waals surface area (Å²) in [6.45, 7) is 6.96. The maximum atomic E-state index is 12.8. The third-order valence-corrected chi connectivity index (χ3v) is 4.68. The standard InChI is InChI=1S/C20H27N5O4/c1-16-13-23-18(14-22-16)20(27)25(15-17-3-2-10-29-17)6-4-19(26)21-5-7-24-8-11-28-12-9-24/h2-3,10,13-14H,4-9,11-12,15H2,1H3,(H,21,26). The molecule has 9 nitrogen and oxygen atoms in total. The van der Waals surface area contributed by atoms with Gasteiger partial charge >= 0.3 is 0 Å². The summed E-state index contributed by atoms with van der Waals surface area (Å²) in [5.74, 6) is 0.270. The van der Waals surface area contributed by atoms with E-state index in [9.17, 15) is 9.59 Å². The molecule has 9 heteroatoms. The molecule has 0 unspecified atom stereocenters. The molecular weight excluding hydrogens is 374 g/mol. The molecule has 1 saturated heterocycles. The van der Waals surface area contributed by atoms with E-state index in [2.05, 4.69) is 20.2 Å². The van der Waals surface area contributed by atoms with Gasteiger partial charge < -0.3 is 19.4 Å². The van der Waals surface area contributed by atoms with Gasteiger partial charge in [0.25, 0.3) is 5.91 Å². The van der Waals surface area contributed by atoms with Crippen LogP contribution in [0.15, 0.2) is 35.2 Å². The van der Waals surface area contributed by atoms with Crippen molar-refractivity contribution >= 4 is 11.8 Å². The van der Waals surface area contributed by atoms with Crippen molar-refractivity contribution in [1.29, 1.82) is 0 Å². The number of hydrogen-bond acceptors (Lipinski definition) is 7. The molecule has 1 N–H and O–H groups in total. The van der Waals surface area contributed by atoms with Crippen molar-refractivity contribution in [2.24, 2.45) is 0 Å². The number of amides is 2. The Bertz CT molecular complexity index is 773. The van der Waals surface area contributed by atoms with Crippen LogP contribution in [0.4, 0.5) is 0 Å². The third-order valence-electron chi connectivity index (χ3n) is 4.68. The number of aryl methyl sites for hydroxylation is 1. The fraction of sp³-hybridized carbons (Fsp3) is 0.500. The van der Waals surface area contributed by atoms with Crippen molar-refractivity contribution in [2.75, 3.05) is 45.9 Å². The molecule has 0 radical (unpaired) electrons. The van der Waals surface area contributed by atoms with Crippen LogP contribution in [0.2, 0.25) is 0 Å². The molecule has 2 aromatic heterocycles. The quantitative estimate of drug-likeness (QED) is 0.665. The number of carbonyl (C=O) groups excluding carboxylic acids is 2. The molecule has 1 aliphatic rings. The van der Waals surface area contributed by atoms with E-state index in [-0.39, 0.29) is 37.0 Å². The molecule has 1 fully saturated rings. The summed E-state index contributed by atoms with van der Waals surface area (Å²) in [6, 6.07) is 3.56. The zero-order valence-electron chi connectivity index (χ0n) is 16.7. The van der Waals surface area contributed by atoms with Gasteiger partial charge in [-0.3, -0.25) is 19.5 Å². The lowest BCUT2D eigenvalue weighted by Crippen LogP contribution is -2.42. The fourth-order valence-electron chi connectivity index (χ4n) is 3.01. The van der Waals surface area contributed by atoms with Gasteiger partial charge in [-0.2, -0.15) is 0 Å². The Hall–Kier alpha value is -2.78. The first-order valence-corrected chi connectivity index (χ1v) is 9.79. The SMILES string of the molecule is Cc1cnc(C(=O)N(CCC(=O)NCCN2CCOCC2)Cc2ccco2)cn1. The summed E-state index contributed by atoms with van der Waals surface area (Å²) in [7, 11) is 0. The van der Waals surface area contributed by atoms with E-state index in [4.69, 9.17) is 9.15 Å². The van der Waals surface area contributed by atoms with Crippen molar-refractivity contribution in [3.8, 4) is 0 Å². The molecule has 0 aliphatic carbocycles. The molecule has 0 atom stereocenters. The monoisotopic (exact) mass is 401 g/mol. The number of ether oxygens (including phenoxy) is 1. The number of aromatic nitrogens is 2. The van der Waals surface area contributed by atoms with Gasteiger partial charge in [-0.1, -0.05) is 0 Å². The van der Waals surface area contributed by atoms with Crippen molar-refractivity contribution in [3.63, 3.8) is 0 Å². The maximum absolute atomic E-state index is 12.8. The molecule has 156 valence electrons. The number of rotatable bonds is 9. The van der Waals surface area contributed by atoms with Crippen LogP contribution in [-0.2, 0) is 16.1 Å². The van der Waals surface area contributed by atoms with Crippen LogP contribution >= 0.6 is 0 Å². The van der Waals surface area contributed by atoms with Crippen LogP contribution in [0.3, 0.4) is 0 Å². The van der Waals surface area contributed by atoms with Gasteiger partial charge in [-0.15, -0.1) is 0 Å². The highest BCUT2D eigenvalue weighted by Gasteiger charge is 2.20. The Kier molecular flexibility index (Phi) is 7.71. The van der Waals surface area contributed by atoms with Crippen molar-refractivity contribution in [1.82, 2.24) is 25.1 Å². The molecule has 3 heterocycles. The lowest BCUT2D eigenvalue weighted by atomic mass is 10.2. The van der Waals surface area contributed by atoms with Crippen molar-refractivity contribution in [3.05, 3.63) is 47.9 Å². The Labute approximate surface area is 170 Å². The Balaban J connectivity index is 1.51. The highest BCUT2D eigenvalue weighted by atomic mass is 16.5. The molecule has 0 saturated carbocycles. The highest BCUT2D eigenvalue weighted by molar-refractivity contribution is 5.92. The zero-order chi connectivity index (χ0) is 20.5. The third kappa shape index (κ3) is 6.65. The fourth-order valence-corrected chi connectivity index (χ4v) is 3.01. The minimum atomic E-state index is -0.282. The second kappa shape index (κ2) is 10.7. The van der Waals surface area contributed by atoms with E-state index in [1.165, 1.54) is 6.20 Å². The van der Waals surface area contributed by atoms with Gasteiger partial charge in [-0.25, -0.2) is 4.98 Å². The Morgan fingerprint density at radius 3 is 2.76 bits per heavy atom. The molecule has 3 rings (SSSR count). The van der Waals surface area contributed by atoms with Crippen LogP contribution in [0.25, 0.3) is 0 Å². The lowest BCUT2D eigenvalue weighted by Gasteiger charge is -2.26. The predicted octanol–water partition coefficient (Wildman–Crippen LogP) is 0.859. The van der Waals surface area contributed by atoms with E-state index < -0.39 is 0 Å². The van der Waals surface area contributed by atoms with Gasteiger partial charge in [0.15, 0.2) is 0 Å². The van der Waals surface area contributed by atoms with Crippen LogP contribution in [0.1, 0.15) is 28.4 Å².